The molecule has 1 fully saturated rings. The number of benzene rings is 1. The highest BCUT2D eigenvalue weighted by Crippen LogP contribution is 2.29. The lowest BCUT2D eigenvalue weighted by Gasteiger charge is -2.22. The molecule has 0 atom stereocenters. The number of nitrogens with one attached hydrogen (secondary N) is 1. The smallest absolute Gasteiger partial charge is 0.358 e. The molecule has 1 aliphatic carbocycles. The van der Waals surface area contributed by atoms with Gasteiger partial charge in [0.1, 0.15) is 10.7 Å². The summed E-state index contributed by atoms with van der Waals surface area (Å²) in [5.41, 5.74) is 1.55. The summed E-state index contributed by atoms with van der Waals surface area (Å²) in [6.07, 6.45) is 5.95. The number of hydrogen-bond donors (Lipinski definition) is 1. The van der Waals surface area contributed by atoms with E-state index < -0.39 is 21.9 Å². The number of allylic oxidation sites excluding steroid dienone is 1. The van der Waals surface area contributed by atoms with E-state index >= 15 is 0 Å². The van der Waals surface area contributed by atoms with Crippen LogP contribution in [0.15, 0.2) is 44.2 Å². The van der Waals surface area contributed by atoms with Crippen LogP contribution in [-0.2, 0) is 24.3 Å². The Morgan fingerprint density at radius 3 is 2.66 bits per heavy atom. The average molecular weight is 615 g/mol. The minimum atomic E-state index is -3.94. The lowest BCUT2D eigenvalue weighted by atomic mass is 10.1. The second kappa shape index (κ2) is 12.1. The molecular formula is C24H31IN4O5S. The van der Waals surface area contributed by atoms with E-state index in [2.05, 4.69) is 14.8 Å². The van der Waals surface area contributed by atoms with Gasteiger partial charge in [0.05, 0.1) is 18.7 Å². The summed E-state index contributed by atoms with van der Waals surface area (Å²) >= 11 is 2.03. The number of carbonyl (C=O) groups excluding carboxylic acids is 2. The van der Waals surface area contributed by atoms with E-state index in [0.717, 1.165) is 34.8 Å². The fourth-order valence-electron chi connectivity index (χ4n) is 3.74. The largest absolute Gasteiger partial charge is 0.461 e. The highest BCUT2D eigenvalue weighted by Gasteiger charge is 2.28. The Morgan fingerprint density at radius 1 is 1.29 bits per heavy atom. The number of esters is 1. The maximum atomic E-state index is 13.3. The molecule has 1 aromatic carbocycles. The summed E-state index contributed by atoms with van der Waals surface area (Å²) in [6, 6.07) is 4.95. The van der Waals surface area contributed by atoms with Crippen molar-refractivity contribution in [3.05, 3.63) is 33.4 Å². The van der Waals surface area contributed by atoms with Gasteiger partial charge < -0.3 is 10.1 Å². The Labute approximate surface area is 220 Å². The van der Waals surface area contributed by atoms with Gasteiger partial charge in [0.15, 0.2) is 5.71 Å². The van der Waals surface area contributed by atoms with Crippen LogP contribution in [0.25, 0.3) is 0 Å². The Balaban J connectivity index is 1.89. The first kappa shape index (κ1) is 27.3. The van der Waals surface area contributed by atoms with Crippen molar-refractivity contribution < 1.29 is 22.7 Å². The average Bonchev–Trinajstić information content (AvgIpc) is 3.29. The van der Waals surface area contributed by atoms with Gasteiger partial charge in [0, 0.05) is 10.1 Å². The third kappa shape index (κ3) is 7.60. The summed E-state index contributed by atoms with van der Waals surface area (Å²) in [6.45, 7) is 6.23. The van der Waals surface area contributed by atoms with Crippen molar-refractivity contribution in [2.24, 2.45) is 15.4 Å². The SMILES string of the molecule is CCOC(=O)/C(C=C1CCCC1)=N\N(CCC(C)C)C(=O)CC1=NS(=O)(=O)c2cc(I)ccc2N1. The van der Waals surface area contributed by atoms with Crippen molar-refractivity contribution in [1.82, 2.24) is 5.01 Å². The van der Waals surface area contributed by atoms with Crippen LogP contribution in [0.2, 0.25) is 0 Å². The number of anilines is 1. The van der Waals surface area contributed by atoms with Crippen LogP contribution < -0.4 is 5.32 Å². The molecule has 0 saturated heterocycles. The standard InChI is InChI=1S/C24H31IN4O5S/c1-4-34-24(31)20(13-17-7-5-6-8-17)27-29(12-11-16(2)3)23(30)15-22-26-19-10-9-18(25)14-21(19)35(32,33)28-22/h9-10,13-14,16H,4-8,11-12,15H2,1-3H3,(H,26,28)/b27-20-. The Morgan fingerprint density at radius 2 is 2.00 bits per heavy atom. The zero-order chi connectivity index (χ0) is 25.6. The van der Waals surface area contributed by atoms with Gasteiger partial charge in [-0.2, -0.15) is 13.5 Å². The number of halogens is 1. The first-order valence-corrected chi connectivity index (χ1v) is 14.3. The van der Waals surface area contributed by atoms with Gasteiger partial charge in [-0.05, 0) is 91.8 Å². The lowest BCUT2D eigenvalue weighted by Crippen LogP contribution is -2.34. The zero-order valence-corrected chi connectivity index (χ0v) is 23.2. The Hall–Kier alpha value is -2.28. The summed E-state index contributed by atoms with van der Waals surface area (Å²) in [4.78, 5) is 26.0. The minimum Gasteiger partial charge on any atom is -0.461 e. The molecule has 3 rings (SSSR count). The molecule has 35 heavy (non-hydrogen) atoms. The molecule has 190 valence electrons. The van der Waals surface area contributed by atoms with E-state index in [1.165, 1.54) is 11.1 Å². The number of hydrazone groups is 1. The molecule has 1 heterocycles. The fraction of sp³-hybridized carbons (Fsp3) is 0.500. The Bertz CT molecular complexity index is 1170. The van der Waals surface area contributed by atoms with Crippen LogP contribution >= 0.6 is 22.6 Å². The topological polar surface area (TPSA) is 118 Å². The monoisotopic (exact) mass is 614 g/mol. The molecule has 0 unspecified atom stereocenters. The van der Waals surface area contributed by atoms with Gasteiger partial charge in [-0.1, -0.05) is 19.4 Å². The van der Waals surface area contributed by atoms with Crippen molar-refractivity contribution in [1.29, 1.82) is 0 Å². The van der Waals surface area contributed by atoms with Gasteiger partial charge in [-0.25, -0.2) is 9.80 Å². The number of amidine groups is 1. The van der Waals surface area contributed by atoms with Crippen molar-refractivity contribution in [3.63, 3.8) is 0 Å². The summed E-state index contributed by atoms with van der Waals surface area (Å²) < 4.78 is 35.1. The van der Waals surface area contributed by atoms with Crippen molar-refractivity contribution in [2.75, 3.05) is 18.5 Å². The third-order valence-electron chi connectivity index (χ3n) is 5.56. The second-order valence-corrected chi connectivity index (χ2v) is 11.7. The van der Waals surface area contributed by atoms with Crippen molar-refractivity contribution in [3.8, 4) is 0 Å². The molecule has 0 bridgehead atoms. The number of rotatable bonds is 9. The maximum Gasteiger partial charge on any atom is 0.358 e. The number of nitrogens with zero attached hydrogens (tertiary/aromatic N) is 3. The van der Waals surface area contributed by atoms with E-state index in [-0.39, 0.29) is 36.0 Å². The molecule has 0 aromatic heterocycles. The molecule has 1 aliphatic heterocycles. The molecule has 0 radical (unpaired) electrons. The van der Waals surface area contributed by atoms with E-state index in [9.17, 15) is 18.0 Å². The maximum absolute atomic E-state index is 13.3. The van der Waals surface area contributed by atoms with Crippen molar-refractivity contribution >= 4 is 61.7 Å². The number of ether oxygens (including phenoxy) is 1. The molecule has 2 aliphatic rings. The van der Waals surface area contributed by atoms with Crippen molar-refractivity contribution in [2.45, 2.75) is 64.2 Å². The molecule has 1 N–H and O–H groups in total. The van der Waals surface area contributed by atoms with Gasteiger partial charge in [-0.3, -0.25) is 4.79 Å². The summed E-state index contributed by atoms with van der Waals surface area (Å²) in [5.74, 6) is -0.749. The fourth-order valence-corrected chi connectivity index (χ4v) is 5.61. The molecule has 1 aromatic rings. The van der Waals surface area contributed by atoms with Crippen LogP contribution in [0, 0.1) is 9.49 Å². The number of fused-ring (bicyclic) bond motifs is 1. The van der Waals surface area contributed by atoms with Crippen LogP contribution in [0.3, 0.4) is 0 Å². The van der Waals surface area contributed by atoms with Crippen LogP contribution in [0.5, 0.6) is 0 Å². The zero-order valence-electron chi connectivity index (χ0n) is 20.2. The first-order chi connectivity index (χ1) is 16.6. The van der Waals surface area contributed by atoms with E-state index in [1.54, 1.807) is 25.1 Å². The van der Waals surface area contributed by atoms with Gasteiger partial charge >= 0.3 is 5.97 Å². The number of amides is 1. The molecule has 1 saturated carbocycles. The summed E-state index contributed by atoms with van der Waals surface area (Å²) in [7, 11) is -3.94. The lowest BCUT2D eigenvalue weighted by molar-refractivity contribution is -0.135. The van der Waals surface area contributed by atoms with Crippen LogP contribution in [-0.4, -0.2) is 50.0 Å². The quantitative estimate of drug-likeness (QED) is 0.190. The second-order valence-electron chi connectivity index (χ2n) is 8.87. The van der Waals surface area contributed by atoms with Gasteiger partial charge in [0.2, 0.25) is 5.91 Å². The van der Waals surface area contributed by atoms with E-state index in [4.69, 9.17) is 4.74 Å². The van der Waals surface area contributed by atoms with Crippen LogP contribution in [0.1, 0.15) is 59.3 Å². The number of sulfonamides is 1. The number of carbonyl (C=O) groups is 2. The van der Waals surface area contributed by atoms with E-state index in [1.807, 2.05) is 36.4 Å². The highest BCUT2D eigenvalue weighted by molar-refractivity contribution is 14.1. The predicted octanol–water partition coefficient (Wildman–Crippen LogP) is 4.49. The summed E-state index contributed by atoms with van der Waals surface area (Å²) in [5, 5.41) is 8.59. The Kier molecular flexibility index (Phi) is 9.45. The molecule has 11 heteroatoms. The normalized spacial score (nSPS) is 16.9. The van der Waals surface area contributed by atoms with Gasteiger partial charge in [-0.15, -0.1) is 4.40 Å². The molecule has 9 nitrogen and oxygen atoms in total. The van der Waals surface area contributed by atoms with Gasteiger partial charge in [0.25, 0.3) is 10.0 Å². The van der Waals surface area contributed by atoms with Crippen LogP contribution in [0.4, 0.5) is 5.69 Å². The predicted molar refractivity (Wildman–Crippen MR) is 144 cm³/mol. The first-order valence-electron chi connectivity index (χ1n) is 11.7. The molecule has 1 amide bonds. The number of hydrogen-bond acceptors (Lipinski definition) is 7. The molecular weight excluding hydrogens is 583 g/mol. The van der Waals surface area contributed by atoms with E-state index in [0.29, 0.717) is 18.0 Å². The molecule has 0 spiro atoms. The minimum absolute atomic E-state index is 0.0142. The third-order valence-corrected chi connectivity index (χ3v) is 7.58. The highest BCUT2D eigenvalue weighted by atomic mass is 127.